The van der Waals surface area contributed by atoms with E-state index in [0.717, 1.165) is 30.9 Å². The predicted octanol–water partition coefficient (Wildman–Crippen LogP) is 5.36. The van der Waals surface area contributed by atoms with E-state index in [1.165, 1.54) is 0 Å². The summed E-state index contributed by atoms with van der Waals surface area (Å²) in [4.78, 5) is 30.9. The van der Waals surface area contributed by atoms with Gasteiger partial charge in [0, 0.05) is 49.2 Å². The first-order valence-electron chi connectivity index (χ1n) is 14.8. The molecule has 1 aliphatic rings. The minimum Gasteiger partial charge on any atom is -0.439 e. The largest absolute Gasteiger partial charge is 0.439 e. The second-order valence-corrected chi connectivity index (χ2v) is 12.9. The Balaban J connectivity index is 1.33. The van der Waals surface area contributed by atoms with Crippen LogP contribution in [0.4, 0.5) is 25.0 Å². The summed E-state index contributed by atoms with van der Waals surface area (Å²) in [6, 6.07) is 11.1. The Morgan fingerprint density at radius 3 is 2.49 bits per heavy atom. The Morgan fingerprint density at radius 1 is 1.09 bits per heavy atom. The number of hydrogen-bond acceptors (Lipinski definition) is 7. The van der Waals surface area contributed by atoms with Gasteiger partial charge in [-0.3, -0.25) is 14.4 Å². The number of nitrogens with zero attached hydrogens (tertiary/aromatic N) is 2. The Bertz CT molecular complexity index is 1590. The summed E-state index contributed by atoms with van der Waals surface area (Å²) in [6.07, 6.45) is 6.07. The van der Waals surface area contributed by atoms with Crippen LogP contribution < -0.4 is 25.8 Å². The van der Waals surface area contributed by atoms with E-state index in [2.05, 4.69) is 32.2 Å². The molecule has 1 aliphatic heterocycles. The molecule has 11 nitrogen and oxygen atoms in total. The normalized spacial score (nSPS) is 17.0. The monoisotopic (exact) mass is 644 g/mol. The SMILES string of the molecule is CCCCC1CC(NC(=O)Nc2cc(C(N)=O)c(F)cc2F)CCN1Cc1ccc(Oc2ccc(NS(=O)(=O)CC)cc2)nc1. The van der Waals surface area contributed by atoms with Crippen LogP contribution in [-0.4, -0.2) is 54.6 Å². The standard InChI is InChI=1S/C31H38F2N6O5S/c1-3-5-6-23-15-22(36-31(41)37-28-16-25(30(34)40)26(32)17-27(28)33)13-14-39(23)19-20-7-12-29(35-18-20)44-24-10-8-21(9-11-24)38-45(42,43)4-2/h7-12,16-18,22-23,38H,3-6,13-15,19H2,1-2H3,(H2,34,40)(H2,36,37,41). The molecular weight excluding hydrogens is 606 g/mol. The van der Waals surface area contributed by atoms with Gasteiger partial charge < -0.3 is 21.1 Å². The third kappa shape index (κ3) is 9.59. The van der Waals surface area contributed by atoms with E-state index < -0.39 is 39.2 Å². The molecule has 3 amide bonds. The van der Waals surface area contributed by atoms with Gasteiger partial charge in [-0.15, -0.1) is 0 Å². The van der Waals surface area contributed by atoms with E-state index in [4.69, 9.17) is 10.5 Å². The molecule has 0 bridgehead atoms. The number of nitrogens with one attached hydrogen (secondary N) is 3. The number of urea groups is 1. The number of rotatable bonds is 13. The highest BCUT2D eigenvalue weighted by atomic mass is 32.2. The Morgan fingerprint density at radius 2 is 1.84 bits per heavy atom. The van der Waals surface area contributed by atoms with E-state index in [0.29, 0.717) is 49.3 Å². The number of anilines is 2. The maximum absolute atomic E-state index is 14.2. The van der Waals surface area contributed by atoms with Gasteiger partial charge in [0.05, 0.1) is 17.0 Å². The number of sulfonamides is 1. The van der Waals surface area contributed by atoms with Crippen LogP contribution >= 0.6 is 0 Å². The van der Waals surface area contributed by atoms with Crippen LogP contribution in [0.3, 0.4) is 0 Å². The van der Waals surface area contributed by atoms with Gasteiger partial charge in [-0.25, -0.2) is 27.0 Å². The molecule has 2 aromatic carbocycles. The summed E-state index contributed by atoms with van der Waals surface area (Å²) in [6.45, 7) is 5.05. The molecular formula is C31H38F2N6O5S. The maximum atomic E-state index is 14.2. The summed E-state index contributed by atoms with van der Waals surface area (Å²) >= 11 is 0. The Hall–Kier alpha value is -4.30. The van der Waals surface area contributed by atoms with Crippen molar-refractivity contribution in [2.75, 3.05) is 22.3 Å². The first kappa shape index (κ1) is 33.6. The Kier molecular flexibility index (Phi) is 11.3. The summed E-state index contributed by atoms with van der Waals surface area (Å²) < 4.78 is 59.8. The van der Waals surface area contributed by atoms with E-state index >= 15 is 0 Å². The second-order valence-electron chi connectivity index (χ2n) is 10.9. The number of pyridine rings is 1. The number of halogens is 2. The van der Waals surface area contributed by atoms with Crippen molar-refractivity contribution in [3.05, 3.63) is 77.5 Å². The van der Waals surface area contributed by atoms with Gasteiger partial charge in [-0.05, 0) is 62.1 Å². The molecule has 45 heavy (non-hydrogen) atoms. The highest BCUT2D eigenvalue weighted by molar-refractivity contribution is 7.92. The van der Waals surface area contributed by atoms with Crippen molar-refractivity contribution in [1.82, 2.24) is 15.2 Å². The zero-order valence-corrected chi connectivity index (χ0v) is 26.0. The average Bonchev–Trinajstić information content (AvgIpc) is 3.00. The third-order valence-electron chi connectivity index (χ3n) is 7.55. The minimum atomic E-state index is -3.36. The van der Waals surface area contributed by atoms with Crippen molar-refractivity contribution >= 4 is 33.3 Å². The van der Waals surface area contributed by atoms with Gasteiger partial charge in [-0.2, -0.15) is 0 Å². The van der Waals surface area contributed by atoms with Gasteiger partial charge >= 0.3 is 6.03 Å². The molecule has 4 rings (SSSR count). The molecule has 1 saturated heterocycles. The van der Waals surface area contributed by atoms with Crippen molar-refractivity contribution in [1.29, 1.82) is 0 Å². The molecule has 2 heterocycles. The summed E-state index contributed by atoms with van der Waals surface area (Å²) in [5, 5.41) is 5.25. The van der Waals surface area contributed by atoms with Gasteiger partial charge in [0.2, 0.25) is 15.9 Å². The number of aromatic nitrogens is 1. The van der Waals surface area contributed by atoms with Crippen LogP contribution in [0.2, 0.25) is 0 Å². The molecule has 3 aromatic rings. The number of carbonyl (C=O) groups is 2. The van der Waals surface area contributed by atoms with E-state index in [-0.39, 0.29) is 23.5 Å². The zero-order chi connectivity index (χ0) is 32.6. The van der Waals surface area contributed by atoms with Crippen molar-refractivity contribution in [2.45, 2.75) is 64.6 Å². The van der Waals surface area contributed by atoms with Crippen LogP contribution in [0.5, 0.6) is 11.6 Å². The fourth-order valence-corrected chi connectivity index (χ4v) is 5.76. The smallest absolute Gasteiger partial charge is 0.319 e. The van der Waals surface area contributed by atoms with Crippen LogP contribution in [0.25, 0.3) is 0 Å². The van der Waals surface area contributed by atoms with Gasteiger partial charge in [0.1, 0.15) is 17.4 Å². The van der Waals surface area contributed by atoms with Crippen molar-refractivity contribution in [2.24, 2.45) is 5.73 Å². The predicted molar refractivity (Wildman–Crippen MR) is 168 cm³/mol. The lowest BCUT2D eigenvalue weighted by atomic mass is 9.93. The molecule has 0 spiro atoms. The first-order chi connectivity index (χ1) is 21.5. The number of amides is 3. The molecule has 0 aliphatic carbocycles. The lowest BCUT2D eigenvalue weighted by molar-refractivity contribution is 0.0996. The highest BCUT2D eigenvalue weighted by Gasteiger charge is 2.29. The third-order valence-corrected chi connectivity index (χ3v) is 8.85. The number of primary amides is 1. The molecule has 14 heteroatoms. The molecule has 5 N–H and O–H groups in total. The fourth-order valence-electron chi connectivity index (χ4n) is 5.12. The molecule has 2 atom stereocenters. The summed E-state index contributed by atoms with van der Waals surface area (Å²) in [7, 11) is -3.36. The van der Waals surface area contributed by atoms with Crippen LogP contribution in [0, 0.1) is 11.6 Å². The first-order valence-corrected chi connectivity index (χ1v) is 16.4. The number of unbranched alkanes of at least 4 members (excludes halogenated alkanes) is 1. The van der Waals surface area contributed by atoms with Crippen LogP contribution in [-0.2, 0) is 16.6 Å². The van der Waals surface area contributed by atoms with E-state index in [9.17, 15) is 26.8 Å². The lowest BCUT2D eigenvalue weighted by Gasteiger charge is -2.40. The van der Waals surface area contributed by atoms with E-state index in [1.807, 2.05) is 6.07 Å². The molecule has 242 valence electrons. The van der Waals surface area contributed by atoms with Gasteiger partial charge in [0.15, 0.2) is 0 Å². The average molecular weight is 645 g/mol. The number of hydrogen-bond donors (Lipinski definition) is 4. The van der Waals surface area contributed by atoms with Crippen molar-refractivity contribution < 1.29 is 31.5 Å². The minimum absolute atomic E-state index is 0.0183. The zero-order valence-electron chi connectivity index (χ0n) is 25.2. The van der Waals surface area contributed by atoms with Gasteiger partial charge in [0.25, 0.3) is 5.91 Å². The second kappa shape index (κ2) is 15.1. The number of piperidine rings is 1. The molecule has 1 fully saturated rings. The van der Waals surface area contributed by atoms with Crippen LogP contribution in [0.1, 0.15) is 61.9 Å². The van der Waals surface area contributed by atoms with E-state index in [1.54, 1.807) is 43.5 Å². The molecule has 0 saturated carbocycles. The number of carbonyl (C=O) groups excluding carboxylic acids is 2. The molecule has 2 unspecified atom stereocenters. The van der Waals surface area contributed by atoms with Gasteiger partial charge in [-0.1, -0.05) is 25.8 Å². The number of likely N-dealkylation sites (tertiary alicyclic amines) is 1. The topological polar surface area (TPSA) is 156 Å². The maximum Gasteiger partial charge on any atom is 0.319 e. The quantitative estimate of drug-likeness (QED) is 0.195. The number of ether oxygens (including phenoxy) is 1. The number of nitrogens with two attached hydrogens (primary N) is 1. The van der Waals surface area contributed by atoms with Crippen LogP contribution in [0.15, 0.2) is 54.7 Å². The molecule has 0 radical (unpaired) electrons. The molecule has 1 aromatic heterocycles. The van der Waals surface area contributed by atoms with Crippen molar-refractivity contribution in [3.63, 3.8) is 0 Å². The Labute approximate surface area is 261 Å². The number of benzene rings is 2. The summed E-state index contributed by atoms with van der Waals surface area (Å²) in [5.74, 6) is -2.27. The fraction of sp³-hybridized carbons (Fsp3) is 0.387. The van der Waals surface area contributed by atoms with Crippen molar-refractivity contribution in [3.8, 4) is 11.6 Å². The highest BCUT2D eigenvalue weighted by Crippen LogP contribution is 2.26. The summed E-state index contributed by atoms with van der Waals surface area (Å²) in [5.41, 5.74) is 5.74. The lowest BCUT2D eigenvalue weighted by Crippen LogP contribution is -2.50.